The largest absolute Gasteiger partial charge is 0.364 e. The van der Waals surface area contributed by atoms with Crippen LogP contribution < -0.4 is 5.32 Å². The molecule has 0 aliphatic heterocycles. The molecule has 0 bridgehead atoms. The number of aryl methyl sites for hydroxylation is 1. The summed E-state index contributed by atoms with van der Waals surface area (Å²) in [6, 6.07) is 1.58. The number of aromatic nitrogens is 4. The van der Waals surface area contributed by atoms with Gasteiger partial charge in [-0.15, -0.1) is 5.10 Å². The van der Waals surface area contributed by atoms with Crippen molar-refractivity contribution in [1.29, 1.82) is 0 Å². The van der Waals surface area contributed by atoms with Crippen LogP contribution in [0.1, 0.15) is 30.0 Å². The van der Waals surface area contributed by atoms with E-state index in [4.69, 9.17) is 23.2 Å². The normalized spacial score (nSPS) is 12.5. The molecule has 1 unspecified atom stereocenters. The molecule has 0 aromatic carbocycles. The Bertz CT molecular complexity index is 943. The summed E-state index contributed by atoms with van der Waals surface area (Å²) >= 11 is 12.4. The van der Waals surface area contributed by atoms with Crippen LogP contribution >= 0.6 is 23.2 Å². The Hall–Kier alpha value is -1.99. The van der Waals surface area contributed by atoms with Crippen LogP contribution in [0.4, 0.5) is 14.6 Å². The fourth-order valence-electron chi connectivity index (χ4n) is 2.79. The Balaban J connectivity index is 1.99. The van der Waals surface area contributed by atoms with E-state index in [-0.39, 0.29) is 11.8 Å². The Morgan fingerprint density at radius 1 is 1.35 bits per heavy atom. The summed E-state index contributed by atoms with van der Waals surface area (Å²) in [7, 11) is 0. The van der Waals surface area contributed by atoms with E-state index in [0.29, 0.717) is 34.9 Å². The molecule has 5 nitrogen and oxygen atoms in total. The average molecular weight is 400 g/mol. The lowest BCUT2D eigenvalue weighted by molar-refractivity contribution is 0.341. The first-order chi connectivity index (χ1) is 12.4. The maximum absolute atomic E-state index is 13.8. The van der Waals surface area contributed by atoms with Crippen LogP contribution in [0.25, 0.3) is 5.52 Å². The molecule has 0 radical (unpaired) electrons. The number of fused-ring (bicyclic) bond motifs is 1. The summed E-state index contributed by atoms with van der Waals surface area (Å²) in [4.78, 5) is 7.93. The third-order valence-corrected chi connectivity index (χ3v) is 4.71. The molecule has 3 aromatic heterocycles. The quantitative estimate of drug-likeness (QED) is 0.647. The first kappa shape index (κ1) is 18.8. The van der Waals surface area contributed by atoms with Gasteiger partial charge in [0.15, 0.2) is 5.82 Å². The molecular formula is C17H17Cl2F2N5. The van der Waals surface area contributed by atoms with Gasteiger partial charge in [0.2, 0.25) is 5.28 Å². The van der Waals surface area contributed by atoms with Crippen molar-refractivity contribution in [3.63, 3.8) is 0 Å². The highest BCUT2D eigenvalue weighted by Gasteiger charge is 2.20. The van der Waals surface area contributed by atoms with Crippen LogP contribution in [0.2, 0.25) is 10.4 Å². The second-order valence-electron chi connectivity index (χ2n) is 6.02. The van der Waals surface area contributed by atoms with Crippen molar-refractivity contribution in [3.8, 4) is 0 Å². The SMILES string of the molecule is Cc1c(CCC(C)F)c(Cl)n2nc(Cl)nc(NCc3ccncc3F)c12. The number of halogens is 4. The van der Waals surface area contributed by atoms with E-state index < -0.39 is 12.0 Å². The van der Waals surface area contributed by atoms with Crippen LogP contribution in [-0.4, -0.2) is 25.8 Å². The van der Waals surface area contributed by atoms with Gasteiger partial charge in [-0.25, -0.2) is 13.3 Å². The van der Waals surface area contributed by atoms with Gasteiger partial charge in [-0.2, -0.15) is 4.98 Å². The average Bonchev–Trinajstić information content (AvgIpc) is 2.82. The molecule has 26 heavy (non-hydrogen) atoms. The van der Waals surface area contributed by atoms with Crippen molar-refractivity contribution < 1.29 is 8.78 Å². The molecule has 0 aliphatic rings. The number of alkyl halides is 1. The van der Waals surface area contributed by atoms with Gasteiger partial charge in [-0.3, -0.25) is 4.98 Å². The Kier molecular flexibility index (Phi) is 5.58. The van der Waals surface area contributed by atoms with E-state index in [1.54, 1.807) is 6.07 Å². The predicted molar refractivity (Wildman–Crippen MR) is 98.2 cm³/mol. The smallest absolute Gasteiger partial charge is 0.243 e. The van der Waals surface area contributed by atoms with E-state index >= 15 is 0 Å². The second-order valence-corrected chi connectivity index (χ2v) is 6.72. The molecular weight excluding hydrogens is 383 g/mol. The zero-order chi connectivity index (χ0) is 18.8. The molecule has 3 heterocycles. The topological polar surface area (TPSA) is 55.1 Å². The van der Waals surface area contributed by atoms with E-state index in [1.165, 1.54) is 17.6 Å². The molecule has 0 spiro atoms. The Labute approximate surface area is 159 Å². The van der Waals surface area contributed by atoms with E-state index in [1.807, 2.05) is 6.92 Å². The maximum atomic E-state index is 13.8. The van der Waals surface area contributed by atoms with Gasteiger partial charge in [0.1, 0.15) is 16.5 Å². The third kappa shape index (κ3) is 3.73. The number of anilines is 1. The van der Waals surface area contributed by atoms with Gasteiger partial charge in [-0.1, -0.05) is 11.6 Å². The standard InChI is InChI=1S/C17H17Cl2F2N5/c1-9(20)3-4-12-10(2)14-16(24-17(19)25-26(14)15(12)18)23-7-11-5-6-22-8-13(11)21/h5-6,8-9H,3-4,7H2,1-2H3,(H,23,24,25). The number of nitrogens with zero attached hydrogens (tertiary/aromatic N) is 4. The van der Waals surface area contributed by atoms with Crippen molar-refractivity contribution in [3.05, 3.63) is 51.4 Å². The zero-order valence-electron chi connectivity index (χ0n) is 14.2. The monoisotopic (exact) mass is 399 g/mol. The van der Waals surface area contributed by atoms with Gasteiger partial charge in [0.25, 0.3) is 0 Å². The number of nitrogens with one attached hydrogen (secondary N) is 1. The minimum Gasteiger partial charge on any atom is -0.364 e. The summed E-state index contributed by atoms with van der Waals surface area (Å²) in [5.41, 5.74) is 2.71. The summed E-state index contributed by atoms with van der Waals surface area (Å²) < 4.78 is 28.5. The summed E-state index contributed by atoms with van der Waals surface area (Å²) in [5, 5.41) is 7.59. The first-order valence-corrected chi connectivity index (χ1v) is 8.83. The van der Waals surface area contributed by atoms with Crippen molar-refractivity contribution >= 4 is 34.5 Å². The van der Waals surface area contributed by atoms with Crippen molar-refractivity contribution in [2.24, 2.45) is 0 Å². The molecule has 1 N–H and O–H groups in total. The van der Waals surface area contributed by atoms with Crippen LogP contribution in [0.3, 0.4) is 0 Å². The van der Waals surface area contributed by atoms with Gasteiger partial charge < -0.3 is 5.32 Å². The molecule has 0 fully saturated rings. The highest BCUT2D eigenvalue weighted by Crippen LogP contribution is 2.32. The van der Waals surface area contributed by atoms with Gasteiger partial charge in [0, 0.05) is 18.3 Å². The molecule has 3 aromatic rings. The molecule has 0 aliphatic carbocycles. The minimum atomic E-state index is -0.935. The summed E-state index contributed by atoms with van der Waals surface area (Å²) in [6.45, 7) is 3.57. The highest BCUT2D eigenvalue weighted by atomic mass is 35.5. The zero-order valence-corrected chi connectivity index (χ0v) is 15.7. The van der Waals surface area contributed by atoms with Gasteiger partial charge in [-0.05, 0) is 55.5 Å². The third-order valence-electron chi connectivity index (χ3n) is 4.16. The summed E-state index contributed by atoms with van der Waals surface area (Å²) in [5.74, 6) is 0.0130. The van der Waals surface area contributed by atoms with Crippen LogP contribution in [0.15, 0.2) is 18.5 Å². The summed E-state index contributed by atoms with van der Waals surface area (Å²) in [6.07, 6.45) is 2.55. The van der Waals surface area contributed by atoms with Crippen LogP contribution in [0.5, 0.6) is 0 Å². The van der Waals surface area contributed by atoms with E-state index in [2.05, 4.69) is 20.4 Å². The number of hydrogen-bond donors (Lipinski definition) is 1. The maximum Gasteiger partial charge on any atom is 0.243 e. The number of hydrogen-bond acceptors (Lipinski definition) is 4. The highest BCUT2D eigenvalue weighted by molar-refractivity contribution is 6.31. The lowest BCUT2D eigenvalue weighted by Gasteiger charge is -2.09. The fourth-order valence-corrected chi connectivity index (χ4v) is 3.31. The Morgan fingerprint density at radius 3 is 2.81 bits per heavy atom. The molecule has 3 rings (SSSR count). The predicted octanol–water partition coefficient (Wildman–Crippen LogP) is 4.78. The Morgan fingerprint density at radius 2 is 2.12 bits per heavy atom. The second kappa shape index (κ2) is 7.72. The van der Waals surface area contributed by atoms with Crippen molar-refractivity contribution in [2.45, 2.75) is 39.4 Å². The van der Waals surface area contributed by atoms with Crippen LogP contribution in [-0.2, 0) is 13.0 Å². The van der Waals surface area contributed by atoms with Gasteiger partial charge in [0.05, 0.1) is 12.4 Å². The molecule has 9 heteroatoms. The van der Waals surface area contributed by atoms with Crippen molar-refractivity contribution in [2.75, 3.05) is 5.32 Å². The number of pyridine rings is 1. The van der Waals surface area contributed by atoms with Crippen molar-refractivity contribution in [1.82, 2.24) is 19.6 Å². The fraction of sp³-hybridized carbons (Fsp3) is 0.353. The van der Waals surface area contributed by atoms with E-state index in [9.17, 15) is 8.78 Å². The lowest BCUT2D eigenvalue weighted by atomic mass is 10.1. The molecule has 1 atom stereocenters. The van der Waals surface area contributed by atoms with Gasteiger partial charge >= 0.3 is 0 Å². The van der Waals surface area contributed by atoms with Crippen LogP contribution in [0, 0.1) is 12.7 Å². The molecule has 0 amide bonds. The molecule has 138 valence electrons. The number of rotatable bonds is 6. The molecule has 0 saturated heterocycles. The minimum absolute atomic E-state index is 0.00231. The first-order valence-electron chi connectivity index (χ1n) is 8.08. The lowest BCUT2D eigenvalue weighted by Crippen LogP contribution is -2.07. The van der Waals surface area contributed by atoms with E-state index in [0.717, 1.165) is 17.3 Å². The molecule has 0 saturated carbocycles.